The van der Waals surface area contributed by atoms with Gasteiger partial charge in [-0.25, -0.2) is 0 Å². The molecule has 0 bridgehead atoms. The first-order valence-corrected chi connectivity index (χ1v) is 7.93. The summed E-state index contributed by atoms with van der Waals surface area (Å²) in [4.78, 5) is 24.2. The summed E-state index contributed by atoms with van der Waals surface area (Å²) in [7, 11) is 3.35. The van der Waals surface area contributed by atoms with E-state index in [4.69, 9.17) is 9.47 Å². The Morgan fingerprint density at radius 3 is 2.72 bits per heavy atom. The first-order valence-electron chi connectivity index (χ1n) is 7.93. The molecule has 2 N–H and O–H groups in total. The zero-order valence-electron chi connectivity index (χ0n) is 14.1. The molecular formula is C17H20N4O4. The molecule has 2 atom stereocenters. The molecule has 132 valence electrons. The maximum absolute atomic E-state index is 12.5. The number of amides is 2. The van der Waals surface area contributed by atoms with Crippen LogP contribution in [0.15, 0.2) is 36.7 Å². The minimum absolute atomic E-state index is 0.239. The summed E-state index contributed by atoms with van der Waals surface area (Å²) >= 11 is 0. The lowest BCUT2D eigenvalue weighted by Crippen LogP contribution is -2.45. The summed E-state index contributed by atoms with van der Waals surface area (Å²) < 4.78 is 12.9. The molecule has 0 unspecified atom stereocenters. The second-order valence-electron chi connectivity index (χ2n) is 5.78. The van der Waals surface area contributed by atoms with Crippen molar-refractivity contribution < 1.29 is 19.1 Å². The van der Waals surface area contributed by atoms with Crippen molar-refractivity contribution in [1.82, 2.24) is 20.4 Å². The van der Waals surface area contributed by atoms with Crippen molar-refractivity contribution in [3.05, 3.63) is 47.8 Å². The standard InChI is InChI=1S/C17H20N4O4/c1-18-16(22)11-4-3-5-12(6-11)17(23)20-14-9-24-10-15(14)25-13-7-19-21(2)8-13/h3-8,14-15H,9-10H2,1-2H3,(H,18,22)(H,20,23)/t14-,15+/m0/s1. The summed E-state index contributed by atoms with van der Waals surface area (Å²) in [5.74, 6) is 0.108. The van der Waals surface area contributed by atoms with Crippen LogP contribution in [0.5, 0.6) is 5.75 Å². The molecule has 0 aliphatic carbocycles. The van der Waals surface area contributed by atoms with Gasteiger partial charge in [-0.3, -0.25) is 14.3 Å². The number of carbonyl (C=O) groups excluding carboxylic acids is 2. The Morgan fingerprint density at radius 1 is 1.28 bits per heavy atom. The molecule has 8 nitrogen and oxygen atoms in total. The van der Waals surface area contributed by atoms with E-state index in [1.165, 1.54) is 0 Å². The van der Waals surface area contributed by atoms with Gasteiger partial charge in [0.15, 0.2) is 5.75 Å². The van der Waals surface area contributed by atoms with Crippen molar-refractivity contribution in [2.75, 3.05) is 20.3 Å². The van der Waals surface area contributed by atoms with Crippen molar-refractivity contribution in [2.24, 2.45) is 7.05 Å². The third-order valence-electron chi connectivity index (χ3n) is 3.93. The molecule has 25 heavy (non-hydrogen) atoms. The fourth-order valence-electron chi connectivity index (χ4n) is 2.62. The van der Waals surface area contributed by atoms with Gasteiger partial charge in [0.2, 0.25) is 0 Å². The molecule has 1 aliphatic rings. The van der Waals surface area contributed by atoms with Crippen LogP contribution >= 0.6 is 0 Å². The van der Waals surface area contributed by atoms with Gasteiger partial charge >= 0.3 is 0 Å². The maximum Gasteiger partial charge on any atom is 0.251 e. The van der Waals surface area contributed by atoms with Crippen LogP contribution in [0.1, 0.15) is 20.7 Å². The molecule has 1 aromatic heterocycles. The van der Waals surface area contributed by atoms with Gasteiger partial charge < -0.3 is 20.1 Å². The molecule has 0 radical (unpaired) electrons. The normalized spacial score (nSPS) is 19.4. The van der Waals surface area contributed by atoms with E-state index < -0.39 is 0 Å². The number of aromatic nitrogens is 2. The van der Waals surface area contributed by atoms with Gasteiger partial charge in [-0.1, -0.05) is 6.07 Å². The van der Waals surface area contributed by atoms with E-state index in [0.29, 0.717) is 30.1 Å². The van der Waals surface area contributed by atoms with Crippen molar-refractivity contribution in [3.8, 4) is 5.75 Å². The summed E-state index contributed by atoms with van der Waals surface area (Å²) in [6.07, 6.45) is 3.07. The lowest BCUT2D eigenvalue weighted by molar-refractivity contribution is 0.0904. The average molecular weight is 344 g/mol. The Kier molecular flexibility index (Phi) is 4.99. The summed E-state index contributed by atoms with van der Waals surface area (Å²) in [6.45, 7) is 0.754. The van der Waals surface area contributed by atoms with Crippen molar-refractivity contribution in [3.63, 3.8) is 0 Å². The molecule has 2 heterocycles. The van der Waals surface area contributed by atoms with Crippen LogP contribution in [0.4, 0.5) is 0 Å². The molecule has 3 rings (SSSR count). The number of carbonyl (C=O) groups is 2. The van der Waals surface area contributed by atoms with Gasteiger partial charge in [-0.2, -0.15) is 5.10 Å². The molecule has 1 aliphatic heterocycles. The van der Waals surface area contributed by atoms with Crippen LogP contribution < -0.4 is 15.4 Å². The van der Waals surface area contributed by atoms with E-state index in [-0.39, 0.29) is 24.0 Å². The first kappa shape index (κ1) is 17.0. The molecule has 0 saturated carbocycles. The van der Waals surface area contributed by atoms with E-state index >= 15 is 0 Å². The predicted octanol–water partition coefficient (Wildman–Crippen LogP) is 0.356. The van der Waals surface area contributed by atoms with E-state index in [0.717, 1.165) is 0 Å². The highest BCUT2D eigenvalue weighted by Gasteiger charge is 2.32. The average Bonchev–Trinajstić information content (AvgIpc) is 3.23. The van der Waals surface area contributed by atoms with Crippen molar-refractivity contribution in [1.29, 1.82) is 0 Å². The number of benzene rings is 1. The Hall–Kier alpha value is -2.87. The lowest BCUT2D eigenvalue weighted by Gasteiger charge is -2.19. The Labute approximate surface area is 145 Å². The smallest absolute Gasteiger partial charge is 0.251 e. The highest BCUT2D eigenvalue weighted by Crippen LogP contribution is 2.17. The molecular weight excluding hydrogens is 324 g/mol. The van der Waals surface area contributed by atoms with Crippen molar-refractivity contribution >= 4 is 11.8 Å². The number of hydrogen-bond donors (Lipinski definition) is 2. The molecule has 2 amide bonds. The molecule has 1 aromatic carbocycles. The third-order valence-corrected chi connectivity index (χ3v) is 3.93. The molecule has 1 fully saturated rings. The number of ether oxygens (including phenoxy) is 2. The largest absolute Gasteiger partial charge is 0.482 e. The molecule has 0 spiro atoms. The van der Waals surface area contributed by atoms with E-state index in [1.807, 2.05) is 0 Å². The predicted molar refractivity (Wildman–Crippen MR) is 89.5 cm³/mol. The zero-order chi connectivity index (χ0) is 17.8. The number of hydrogen-bond acceptors (Lipinski definition) is 5. The highest BCUT2D eigenvalue weighted by molar-refractivity contribution is 5.99. The van der Waals surface area contributed by atoms with Crippen LogP contribution in [0.3, 0.4) is 0 Å². The van der Waals surface area contributed by atoms with Crippen LogP contribution in [0.25, 0.3) is 0 Å². The van der Waals surface area contributed by atoms with Gasteiger partial charge in [0.1, 0.15) is 6.10 Å². The molecule has 1 saturated heterocycles. The highest BCUT2D eigenvalue weighted by atomic mass is 16.5. The van der Waals surface area contributed by atoms with Gasteiger partial charge in [0, 0.05) is 25.2 Å². The van der Waals surface area contributed by atoms with E-state index in [2.05, 4.69) is 15.7 Å². The number of nitrogens with one attached hydrogen (secondary N) is 2. The number of aryl methyl sites for hydroxylation is 1. The molecule has 8 heteroatoms. The second kappa shape index (κ2) is 7.35. The maximum atomic E-state index is 12.5. The fraction of sp³-hybridized carbons (Fsp3) is 0.353. The van der Waals surface area contributed by atoms with Crippen molar-refractivity contribution in [2.45, 2.75) is 12.1 Å². The van der Waals surface area contributed by atoms with Gasteiger partial charge in [-0.05, 0) is 18.2 Å². The number of rotatable bonds is 5. The van der Waals surface area contributed by atoms with Crippen LogP contribution in [0, 0.1) is 0 Å². The van der Waals surface area contributed by atoms with Crippen LogP contribution in [-0.4, -0.2) is 54.0 Å². The Morgan fingerprint density at radius 2 is 2.04 bits per heavy atom. The summed E-state index contributed by atoms with van der Waals surface area (Å²) in [6, 6.07) is 6.27. The fourth-order valence-corrected chi connectivity index (χ4v) is 2.62. The Bertz CT molecular complexity index is 774. The van der Waals surface area contributed by atoms with Gasteiger partial charge in [0.05, 0.1) is 31.6 Å². The minimum Gasteiger partial charge on any atom is -0.482 e. The second-order valence-corrected chi connectivity index (χ2v) is 5.78. The van der Waals surface area contributed by atoms with Gasteiger partial charge in [-0.15, -0.1) is 0 Å². The zero-order valence-corrected chi connectivity index (χ0v) is 14.1. The monoisotopic (exact) mass is 344 g/mol. The van der Waals surface area contributed by atoms with Crippen LogP contribution in [-0.2, 0) is 11.8 Å². The third kappa shape index (κ3) is 3.97. The van der Waals surface area contributed by atoms with Crippen LogP contribution in [0.2, 0.25) is 0 Å². The Balaban J connectivity index is 1.66. The van der Waals surface area contributed by atoms with Gasteiger partial charge in [0.25, 0.3) is 11.8 Å². The minimum atomic E-state index is -0.296. The molecule has 2 aromatic rings. The SMILES string of the molecule is CNC(=O)c1cccc(C(=O)N[C@H]2COC[C@H]2Oc2cnn(C)c2)c1. The first-order chi connectivity index (χ1) is 12.1. The lowest BCUT2D eigenvalue weighted by atomic mass is 10.1. The van der Waals surface area contributed by atoms with E-state index in [1.54, 1.807) is 55.4 Å². The quantitative estimate of drug-likeness (QED) is 0.816. The number of nitrogens with zero attached hydrogens (tertiary/aromatic N) is 2. The summed E-state index contributed by atoms with van der Waals surface area (Å²) in [5, 5.41) is 9.50. The topological polar surface area (TPSA) is 94.5 Å². The van der Waals surface area contributed by atoms with E-state index in [9.17, 15) is 9.59 Å². The summed E-state index contributed by atoms with van der Waals surface area (Å²) in [5.41, 5.74) is 0.842.